The van der Waals surface area contributed by atoms with Gasteiger partial charge in [-0.3, -0.25) is 0 Å². The number of hydrogen-bond donors (Lipinski definition) is 2. The Morgan fingerprint density at radius 3 is 2.72 bits per heavy atom. The molecular formula is C19H25N3O3. The molecule has 0 aromatic heterocycles. The van der Waals surface area contributed by atoms with Crippen molar-refractivity contribution in [3.63, 3.8) is 0 Å². The second kappa shape index (κ2) is 9.54. The van der Waals surface area contributed by atoms with E-state index in [0.29, 0.717) is 25.7 Å². The summed E-state index contributed by atoms with van der Waals surface area (Å²) in [6.45, 7) is 3.48. The molecule has 6 heteroatoms. The molecule has 0 aliphatic rings. The molecule has 2 rings (SSSR count). The highest BCUT2D eigenvalue weighted by atomic mass is 16.5. The van der Waals surface area contributed by atoms with Gasteiger partial charge in [0.25, 0.3) is 0 Å². The van der Waals surface area contributed by atoms with E-state index in [0.717, 1.165) is 28.3 Å². The van der Waals surface area contributed by atoms with Crippen LogP contribution in [0.15, 0.2) is 47.5 Å². The summed E-state index contributed by atoms with van der Waals surface area (Å²) in [7, 11) is 3.27. The Balaban J connectivity index is 2.04. The van der Waals surface area contributed by atoms with Gasteiger partial charge in [0.1, 0.15) is 18.1 Å². The van der Waals surface area contributed by atoms with Gasteiger partial charge in [-0.15, -0.1) is 0 Å². The van der Waals surface area contributed by atoms with Crippen LogP contribution in [0.2, 0.25) is 0 Å². The molecule has 0 saturated carbocycles. The predicted molar refractivity (Wildman–Crippen MR) is 100 cm³/mol. The average Bonchev–Trinajstić information content (AvgIpc) is 2.61. The van der Waals surface area contributed by atoms with Crippen molar-refractivity contribution in [2.45, 2.75) is 13.5 Å². The number of guanidine groups is 1. The number of ether oxygens (including phenoxy) is 3. The van der Waals surface area contributed by atoms with Crippen molar-refractivity contribution in [1.82, 2.24) is 0 Å². The summed E-state index contributed by atoms with van der Waals surface area (Å²) in [4.78, 5) is 4.39. The first-order chi connectivity index (χ1) is 12.1. The topological polar surface area (TPSA) is 78.1 Å². The fraction of sp³-hybridized carbons (Fsp3) is 0.316. The summed E-state index contributed by atoms with van der Waals surface area (Å²) in [6, 6.07) is 13.5. The normalized spacial score (nSPS) is 11.2. The summed E-state index contributed by atoms with van der Waals surface area (Å²) >= 11 is 0. The highest BCUT2D eigenvalue weighted by Gasteiger charge is 2.05. The number of rotatable bonds is 8. The molecule has 0 unspecified atom stereocenters. The molecule has 0 spiro atoms. The van der Waals surface area contributed by atoms with Gasteiger partial charge < -0.3 is 25.3 Å². The molecular weight excluding hydrogens is 318 g/mol. The van der Waals surface area contributed by atoms with E-state index in [4.69, 9.17) is 19.9 Å². The highest BCUT2D eigenvalue weighted by molar-refractivity contribution is 5.92. The van der Waals surface area contributed by atoms with E-state index < -0.39 is 0 Å². The molecule has 0 fully saturated rings. The van der Waals surface area contributed by atoms with Crippen LogP contribution >= 0.6 is 0 Å². The average molecular weight is 343 g/mol. The Labute approximate surface area is 148 Å². The van der Waals surface area contributed by atoms with Crippen LogP contribution in [-0.2, 0) is 11.3 Å². The number of nitrogens with one attached hydrogen (secondary N) is 1. The van der Waals surface area contributed by atoms with Crippen LogP contribution in [0.1, 0.15) is 11.1 Å². The third-order valence-electron chi connectivity index (χ3n) is 3.53. The van der Waals surface area contributed by atoms with Gasteiger partial charge in [0.05, 0.1) is 20.3 Å². The first-order valence-electron chi connectivity index (χ1n) is 8.04. The van der Waals surface area contributed by atoms with Crippen LogP contribution in [-0.4, -0.2) is 33.4 Å². The van der Waals surface area contributed by atoms with Gasteiger partial charge >= 0.3 is 0 Å². The number of hydrogen-bond acceptors (Lipinski definition) is 4. The van der Waals surface area contributed by atoms with Crippen LogP contribution < -0.4 is 20.5 Å². The van der Waals surface area contributed by atoms with Crippen LogP contribution in [0.4, 0.5) is 5.69 Å². The molecule has 2 aromatic rings. The highest BCUT2D eigenvalue weighted by Crippen LogP contribution is 2.21. The maximum absolute atomic E-state index is 5.98. The summed E-state index contributed by atoms with van der Waals surface area (Å²) in [5.41, 5.74) is 8.90. The lowest BCUT2D eigenvalue weighted by Gasteiger charge is -2.12. The zero-order valence-electron chi connectivity index (χ0n) is 14.9. The largest absolute Gasteiger partial charge is 0.497 e. The molecule has 6 nitrogen and oxygen atoms in total. The lowest BCUT2D eigenvalue weighted by molar-refractivity contribution is 0.146. The van der Waals surface area contributed by atoms with E-state index in [-0.39, 0.29) is 0 Å². The van der Waals surface area contributed by atoms with Gasteiger partial charge in [-0.2, -0.15) is 0 Å². The van der Waals surface area contributed by atoms with Crippen molar-refractivity contribution >= 4 is 11.6 Å². The third-order valence-corrected chi connectivity index (χ3v) is 3.53. The Morgan fingerprint density at radius 2 is 1.96 bits per heavy atom. The lowest BCUT2D eigenvalue weighted by atomic mass is 10.1. The second-order valence-corrected chi connectivity index (χ2v) is 5.51. The number of anilines is 1. The van der Waals surface area contributed by atoms with Crippen LogP contribution in [0.5, 0.6) is 11.5 Å². The Bertz CT molecular complexity index is 717. The first kappa shape index (κ1) is 18.6. The van der Waals surface area contributed by atoms with Crippen molar-refractivity contribution in [2.24, 2.45) is 10.7 Å². The smallest absolute Gasteiger partial charge is 0.193 e. The molecule has 25 heavy (non-hydrogen) atoms. The van der Waals surface area contributed by atoms with E-state index in [9.17, 15) is 0 Å². The monoisotopic (exact) mass is 343 g/mol. The maximum Gasteiger partial charge on any atom is 0.193 e. The number of methoxy groups -OCH3 is 2. The minimum absolute atomic E-state index is 0.330. The molecule has 0 amide bonds. The van der Waals surface area contributed by atoms with Crippen molar-refractivity contribution < 1.29 is 14.2 Å². The van der Waals surface area contributed by atoms with Gasteiger partial charge in [-0.1, -0.05) is 18.2 Å². The van der Waals surface area contributed by atoms with Gasteiger partial charge in [0.2, 0.25) is 0 Å². The Hall–Kier alpha value is -2.73. The standard InChI is InChI=1S/C19H25N3O3/c1-14-7-8-15(18(11-14)25-10-9-23-2)13-21-19(20)22-16-5-4-6-17(12-16)24-3/h4-8,11-12H,9-10,13H2,1-3H3,(H3,20,21,22). The third kappa shape index (κ3) is 6.00. The molecule has 2 aromatic carbocycles. The fourth-order valence-corrected chi connectivity index (χ4v) is 2.22. The van der Waals surface area contributed by atoms with Crippen molar-refractivity contribution in [3.8, 4) is 11.5 Å². The Morgan fingerprint density at radius 1 is 1.12 bits per heavy atom. The lowest BCUT2D eigenvalue weighted by Crippen LogP contribution is -2.22. The van der Waals surface area contributed by atoms with Crippen molar-refractivity contribution in [3.05, 3.63) is 53.6 Å². The molecule has 0 radical (unpaired) electrons. The van der Waals surface area contributed by atoms with E-state index in [2.05, 4.69) is 10.3 Å². The molecule has 134 valence electrons. The summed E-state index contributed by atoms with van der Waals surface area (Å²) in [5.74, 6) is 1.89. The van der Waals surface area contributed by atoms with E-state index in [1.54, 1.807) is 14.2 Å². The molecule has 0 aliphatic carbocycles. The van der Waals surface area contributed by atoms with Gasteiger partial charge in [0, 0.05) is 24.4 Å². The summed E-state index contributed by atoms with van der Waals surface area (Å²) < 4.78 is 16.0. The summed E-state index contributed by atoms with van der Waals surface area (Å²) in [6.07, 6.45) is 0. The van der Waals surface area contributed by atoms with E-state index in [1.165, 1.54) is 0 Å². The predicted octanol–water partition coefficient (Wildman–Crippen LogP) is 2.96. The zero-order chi connectivity index (χ0) is 18.1. The number of nitrogens with zero attached hydrogens (tertiary/aromatic N) is 1. The zero-order valence-corrected chi connectivity index (χ0v) is 14.9. The minimum atomic E-state index is 0.330. The SMILES string of the molecule is COCCOc1cc(C)ccc1CN=C(N)Nc1cccc(OC)c1. The number of benzene rings is 2. The quantitative estimate of drug-likeness (QED) is 0.438. The minimum Gasteiger partial charge on any atom is -0.497 e. The molecule has 0 heterocycles. The molecule has 0 bridgehead atoms. The van der Waals surface area contributed by atoms with Crippen LogP contribution in [0.3, 0.4) is 0 Å². The van der Waals surface area contributed by atoms with Gasteiger partial charge in [0.15, 0.2) is 5.96 Å². The van der Waals surface area contributed by atoms with Crippen LogP contribution in [0, 0.1) is 6.92 Å². The fourth-order valence-electron chi connectivity index (χ4n) is 2.22. The number of aryl methyl sites for hydroxylation is 1. The number of nitrogens with two attached hydrogens (primary N) is 1. The summed E-state index contributed by atoms with van der Waals surface area (Å²) in [5, 5.41) is 3.06. The van der Waals surface area contributed by atoms with Gasteiger partial charge in [-0.25, -0.2) is 4.99 Å². The first-order valence-corrected chi connectivity index (χ1v) is 8.04. The van der Waals surface area contributed by atoms with Crippen molar-refractivity contribution in [1.29, 1.82) is 0 Å². The Kier molecular flexibility index (Phi) is 7.10. The second-order valence-electron chi connectivity index (χ2n) is 5.51. The number of aliphatic imine (C=N–C) groups is 1. The van der Waals surface area contributed by atoms with Crippen molar-refractivity contribution in [2.75, 3.05) is 32.8 Å². The maximum atomic E-state index is 5.98. The van der Waals surface area contributed by atoms with Gasteiger partial charge in [-0.05, 0) is 30.7 Å². The van der Waals surface area contributed by atoms with Crippen LogP contribution in [0.25, 0.3) is 0 Å². The van der Waals surface area contributed by atoms with E-state index >= 15 is 0 Å². The molecule has 0 saturated heterocycles. The molecule has 0 aliphatic heterocycles. The molecule has 0 atom stereocenters. The van der Waals surface area contributed by atoms with E-state index in [1.807, 2.05) is 49.4 Å². The molecule has 3 N–H and O–H groups in total.